The summed E-state index contributed by atoms with van der Waals surface area (Å²) in [5.41, 5.74) is 2.03. The zero-order valence-corrected chi connectivity index (χ0v) is 14.8. The fourth-order valence-corrected chi connectivity index (χ4v) is 2.33. The molecule has 0 saturated heterocycles. The smallest absolute Gasteiger partial charge is 0.319 e. The van der Waals surface area contributed by atoms with Gasteiger partial charge in [0.2, 0.25) is 0 Å². The van der Waals surface area contributed by atoms with Crippen LogP contribution < -0.4 is 15.4 Å². The molecular formula is C19H23ClN2O2. The van der Waals surface area contributed by atoms with Gasteiger partial charge in [0.05, 0.1) is 11.6 Å². The Morgan fingerprint density at radius 3 is 2.50 bits per heavy atom. The number of benzene rings is 2. The molecule has 0 unspecified atom stereocenters. The number of urea groups is 1. The summed E-state index contributed by atoms with van der Waals surface area (Å²) in [6, 6.07) is 15.0. The molecule has 0 aromatic heterocycles. The van der Waals surface area contributed by atoms with E-state index in [0.717, 1.165) is 5.69 Å². The van der Waals surface area contributed by atoms with Gasteiger partial charge in [-0.05, 0) is 42.2 Å². The average Bonchev–Trinajstić information content (AvgIpc) is 2.56. The van der Waals surface area contributed by atoms with E-state index in [1.807, 2.05) is 42.5 Å². The highest BCUT2D eigenvalue weighted by atomic mass is 35.5. The van der Waals surface area contributed by atoms with E-state index in [0.29, 0.717) is 36.3 Å². The fourth-order valence-electron chi connectivity index (χ4n) is 2.14. The fraction of sp³-hybridized carbons (Fsp3) is 0.316. The molecule has 2 amide bonds. The number of rotatable bonds is 7. The van der Waals surface area contributed by atoms with Gasteiger partial charge >= 0.3 is 6.03 Å². The van der Waals surface area contributed by atoms with Crippen molar-refractivity contribution in [2.45, 2.75) is 26.2 Å². The van der Waals surface area contributed by atoms with Gasteiger partial charge in [0.25, 0.3) is 0 Å². The van der Waals surface area contributed by atoms with E-state index >= 15 is 0 Å². The third-order valence-electron chi connectivity index (χ3n) is 3.54. The van der Waals surface area contributed by atoms with Gasteiger partial charge in [-0.25, -0.2) is 4.79 Å². The van der Waals surface area contributed by atoms with Gasteiger partial charge in [-0.2, -0.15) is 0 Å². The minimum atomic E-state index is -0.218. The van der Waals surface area contributed by atoms with Crippen LogP contribution >= 0.6 is 11.6 Å². The molecular weight excluding hydrogens is 324 g/mol. The lowest BCUT2D eigenvalue weighted by molar-refractivity contribution is 0.250. The van der Waals surface area contributed by atoms with Gasteiger partial charge in [0, 0.05) is 12.2 Å². The van der Waals surface area contributed by atoms with E-state index in [1.54, 1.807) is 6.07 Å². The largest absolute Gasteiger partial charge is 0.492 e. The molecule has 0 aliphatic heterocycles. The molecule has 0 aliphatic carbocycles. The third kappa shape index (κ3) is 5.78. The molecule has 24 heavy (non-hydrogen) atoms. The number of para-hydroxylation sites is 1. The first-order valence-corrected chi connectivity index (χ1v) is 8.46. The van der Waals surface area contributed by atoms with Crippen molar-refractivity contribution in [2.24, 2.45) is 0 Å². The predicted octanol–water partition coefficient (Wildman–Crippen LogP) is 5.05. The van der Waals surface area contributed by atoms with Crippen molar-refractivity contribution < 1.29 is 9.53 Å². The van der Waals surface area contributed by atoms with E-state index < -0.39 is 0 Å². The number of carbonyl (C=O) groups is 1. The van der Waals surface area contributed by atoms with Crippen LogP contribution in [0.15, 0.2) is 48.5 Å². The number of ether oxygens (including phenoxy) is 1. The molecule has 4 nitrogen and oxygen atoms in total. The lowest BCUT2D eigenvalue weighted by Gasteiger charge is -2.10. The summed E-state index contributed by atoms with van der Waals surface area (Å²) in [7, 11) is 0. The van der Waals surface area contributed by atoms with Gasteiger partial charge in [0.15, 0.2) is 0 Å². The quantitative estimate of drug-likeness (QED) is 0.689. The maximum atomic E-state index is 11.8. The van der Waals surface area contributed by atoms with Crippen LogP contribution in [0.2, 0.25) is 5.02 Å². The summed E-state index contributed by atoms with van der Waals surface area (Å²) in [4.78, 5) is 11.8. The number of nitrogens with one attached hydrogen (secondary N) is 2. The summed E-state index contributed by atoms with van der Waals surface area (Å²) in [6.45, 7) is 5.30. The maximum absolute atomic E-state index is 11.8. The van der Waals surface area contributed by atoms with Crippen molar-refractivity contribution in [2.75, 3.05) is 18.5 Å². The van der Waals surface area contributed by atoms with E-state index in [4.69, 9.17) is 16.3 Å². The van der Waals surface area contributed by atoms with Gasteiger partial charge in [-0.15, -0.1) is 0 Å². The van der Waals surface area contributed by atoms with Crippen LogP contribution in [-0.4, -0.2) is 19.2 Å². The number of hydrogen-bond acceptors (Lipinski definition) is 2. The Morgan fingerprint density at radius 1 is 1.12 bits per heavy atom. The monoisotopic (exact) mass is 346 g/mol. The van der Waals surface area contributed by atoms with Crippen molar-refractivity contribution >= 4 is 23.3 Å². The van der Waals surface area contributed by atoms with Crippen LogP contribution in [0.25, 0.3) is 0 Å². The molecule has 0 radical (unpaired) electrons. The van der Waals surface area contributed by atoms with Crippen molar-refractivity contribution in [3.8, 4) is 5.75 Å². The maximum Gasteiger partial charge on any atom is 0.319 e. The predicted molar refractivity (Wildman–Crippen MR) is 99.1 cm³/mol. The summed E-state index contributed by atoms with van der Waals surface area (Å²) in [5.74, 6) is 1.14. The second kappa shape index (κ2) is 9.18. The van der Waals surface area contributed by atoms with E-state index in [9.17, 15) is 4.79 Å². The zero-order chi connectivity index (χ0) is 17.4. The summed E-state index contributed by atoms with van der Waals surface area (Å²) >= 11 is 6.00. The van der Waals surface area contributed by atoms with Crippen LogP contribution in [0.4, 0.5) is 10.5 Å². The molecule has 0 spiro atoms. The Bertz CT molecular complexity index is 657. The minimum Gasteiger partial charge on any atom is -0.492 e. The van der Waals surface area contributed by atoms with Crippen LogP contribution in [0.3, 0.4) is 0 Å². The van der Waals surface area contributed by atoms with Gasteiger partial charge in [-0.3, -0.25) is 0 Å². The molecule has 128 valence electrons. The molecule has 0 bridgehead atoms. The molecule has 0 aliphatic rings. The number of hydrogen-bond donors (Lipinski definition) is 2. The highest BCUT2D eigenvalue weighted by Crippen LogP contribution is 2.23. The van der Waals surface area contributed by atoms with E-state index in [2.05, 4.69) is 24.5 Å². The van der Waals surface area contributed by atoms with Crippen molar-refractivity contribution in [3.05, 3.63) is 59.1 Å². The van der Waals surface area contributed by atoms with Crippen molar-refractivity contribution in [3.63, 3.8) is 0 Å². The highest BCUT2D eigenvalue weighted by molar-refractivity contribution is 6.32. The summed E-state index contributed by atoms with van der Waals surface area (Å²) in [6.07, 6.45) is 0.699. The summed E-state index contributed by atoms with van der Waals surface area (Å²) in [5, 5.41) is 6.21. The van der Waals surface area contributed by atoms with Crippen molar-refractivity contribution in [1.29, 1.82) is 0 Å². The average molecular weight is 347 g/mol. The molecule has 5 heteroatoms. The summed E-state index contributed by atoms with van der Waals surface area (Å²) < 4.78 is 5.57. The Balaban J connectivity index is 1.65. The van der Waals surface area contributed by atoms with Crippen molar-refractivity contribution in [1.82, 2.24) is 5.32 Å². The van der Waals surface area contributed by atoms with Crippen LogP contribution in [0, 0.1) is 0 Å². The Labute approximate surface area is 148 Å². The molecule has 0 saturated carbocycles. The molecule has 0 heterocycles. The second-order valence-electron chi connectivity index (χ2n) is 5.79. The molecule has 2 aromatic rings. The molecule has 0 atom stereocenters. The normalized spacial score (nSPS) is 10.5. The Morgan fingerprint density at radius 2 is 1.83 bits per heavy atom. The van der Waals surface area contributed by atoms with E-state index in [1.165, 1.54) is 5.56 Å². The minimum absolute atomic E-state index is 0.218. The first-order chi connectivity index (χ1) is 11.6. The SMILES string of the molecule is CC(C)c1ccc(NC(=O)NCCCOc2ccccc2Cl)cc1. The molecule has 2 N–H and O–H groups in total. The third-order valence-corrected chi connectivity index (χ3v) is 3.85. The van der Waals surface area contributed by atoms with Gasteiger partial charge in [-0.1, -0.05) is 49.7 Å². The van der Waals surface area contributed by atoms with Crippen LogP contribution in [-0.2, 0) is 0 Å². The standard InChI is InChI=1S/C19H23ClN2O2/c1-14(2)15-8-10-16(11-9-15)22-19(23)21-12-5-13-24-18-7-4-3-6-17(18)20/h3-4,6-11,14H,5,12-13H2,1-2H3,(H2,21,22,23). The lowest BCUT2D eigenvalue weighted by Crippen LogP contribution is -2.30. The number of amides is 2. The first-order valence-electron chi connectivity index (χ1n) is 8.08. The highest BCUT2D eigenvalue weighted by Gasteiger charge is 2.03. The van der Waals surface area contributed by atoms with E-state index in [-0.39, 0.29) is 6.03 Å². The second-order valence-corrected chi connectivity index (χ2v) is 6.20. The number of carbonyl (C=O) groups excluding carboxylic acids is 1. The lowest BCUT2D eigenvalue weighted by atomic mass is 10.0. The Kier molecular flexibility index (Phi) is 6.94. The van der Waals surface area contributed by atoms with Gasteiger partial charge in [0.1, 0.15) is 5.75 Å². The zero-order valence-electron chi connectivity index (χ0n) is 14.0. The van der Waals surface area contributed by atoms with Crippen LogP contribution in [0.5, 0.6) is 5.75 Å². The Hall–Kier alpha value is -2.20. The first kappa shape index (κ1) is 18.1. The topological polar surface area (TPSA) is 50.4 Å². The van der Waals surface area contributed by atoms with Gasteiger partial charge < -0.3 is 15.4 Å². The molecule has 0 fully saturated rings. The molecule has 2 rings (SSSR count). The van der Waals surface area contributed by atoms with Crippen LogP contribution in [0.1, 0.15) is 31.7 Å². The number of anilines is 1. The number of halogens is 1. The molecule has 2 aromatic carbocycles.